The van der Waals surface area contributed by atoms with Gasteiger partial charge in [-0.1, -0.05) is 25.0 Å². The summed E-state index contributed by atoms with van der Waals surface area (Å²) < 4.78 is 0. The first-order chi connectivity index (χ1) is 11.1. The lowest BCUT2D eigenvalue weighted by Gasteiger charge is -2.20. The number of carbonyl (C=O) groups excluding carboxylic acids is 3. The molecular formula is C18H22N2O3. The van der Waals surface area contributed by atoms with Gasteiger partial charge in [-0.25, -0.2) is 0 Å². The molecule has 1 aromatic rings. The molecule has 2 heterocycles. The first kappa shape index (κ1) is 15.7. The second kappa shape index (κ2) is 6.94. The summed E-state index contributed by atoms with van der Waals surface area (Å²) in [5.74, 6) is -0.147. The molecule has 0 unspecified atom stereocenters. The molecule has 2 aliphatic heterocycles. The topological polar surface area (TPSA) is 57.7 Å². The number of imide groups is 1. The van der Waals surface area contributed by atoms with Gasteiger partial charge < -0.3 is 4.90 Å². The van der Waals surface area contributed by atoms with Crippen LogP contribution in [0.25, 0.3) is 0 Å². The Hall–Kier alpha value is -2.17. The van der Waals surface area contributed by atoms with Crippen LogP contribution in [-0.4, -0.2) is 40.6 Å². The van der Waals surface area contributed by atoms with Gasteiger partial charge >= 0.3 is 0 Å². The van der Waals surface area contributed by atoms with Crippen molar-refractivity contribution in [3.05, 3.63) is 35.4 Å². The SMILES string of the molecule is O=C(c1ccc(CN2C(=O)CCC2=O)cc1)N1CCCCCC1. The summed E-state index contributed by atoms with van der Waals surface area (Å²) in [7, 11) is 0. The van der Waals surface area contributed by atoms with Crippen LogP contribution >= 0.6 is 0 Å². The van der Waals surface area contributed by atoms with Gasteiger partial charge in [0.1, 0.15) is 0 Å². The maximum Gasteiger partial charge on any atom is 0.253 e. The summed E-state index contributed by atoms with van der Waals surface area (Å²) in [6.45, 7) is 1.96. The number of rotatable bonds is 3. The molecule has 0 spiro atoms. The van der Waals surface area contributed by atoms with E-state index in [9.17, 15) is 14.4 Å². The van der Waals surface area contributed by atoms with E-state index in [0.717, 1.165) is 31.5 Å². The van der Waals surface area contributed by atoms with Gasteiger partial charge in [0.05, 0.1) is 6.54 Å². The van der Waals surface area contributed by atoms with Crippen LogP contribution in [0.5, 0.6) is 0 Å². The van der Waals surface area contributed by atoms with E-state index in [1.807, 2.05) is 17.0 Å². The lowest BCUT2D eigenvalue weighted by atomic mass is 10.1. The van der Waals surface area contributed by atoms with Crippen molar-refractivity contribution >= 4 is 17.7 Å². The molecule has 0 radical (unpaired) electrons. The Morgan fingerprint density at radius 1 is 0.870 bits per heavy atom. The minimum atomic E-state index is -0.111. The predicted molar refractivity (Wildman–Crippen MR) is 85.6 cm³/mol. The molecule has 23 heavy (non-hydrogen) atoms. The van der Waals surface area contributed by atoms with Crippen molar-refractivity contribution in [2.45, 2.75) is 45.1 Å². The molecule has 0 saturated carbocycles. The summed E-state index contributed by atoms with van der Waals surface area (Å²) in [6, 6.07) is 7.27. The third-order valence-electron chi connectivity index (χ3n) is 4.59. The van der Waals surface area contributed by atoms with Crippen molar-refractivity contribution in [2.75, 3.05) is 13.1 Å². The van der Waals surface area contributed by atoms with E-state index in [4.69, 9.17) is 0 Å². The fraction of sp³-hybridized carbons (Fsp3) is 0.500. The van der Waals surface area contributed by atoms with Crippen LogP contribution in [0, 0.1) is 0 Å². The zero-order chi connectivity index (χ0) is 16.2. The standard InChI is InChI=1S/C18H22N2O3/c21-16-9-10-17(22)20(16)13-14-5-7-15(8-6-14)18(23)19-11-3-1-2-4-12-19/h5-8H,1-4,9-13H2. The summed E-state index contributed by atoms with van der Waals surface area (Å²) in [4.78, 5) is 39.0. The Bertz CT molecular complexity index is 585. The molecule has 122 valence electrons. The number of amides is 3. The third kappa shape index (κ3) is 3.60. The van der Waals surface area contributed by atoms with Gasteiger partial charge in [-0.15, -0.1) is 0 Å². The van der Waals surface area contributed by atoms with Gasteiger partial charge in [0.25, 0.3) is 5.91 Å². The van der Waals surface area contributed by atoms with Crippen molar-refractivity contribution in [1.82, 2.24) is 9.80 Å². The summed E-state index contributed by atoms with van der Waals surface area (Å²) >= 11 is 0. The number of carbonyl (C=O) groups is 3. The molecule has 5 nitrogen and oxygen atoms in total. The molecule has 0 aromatic heterocycles. The van der Waals surface area contributed by atoms with E-state index in [2.05, 4.69) is 0 Å². The van der Waals surface area contributed by atoms with E-state index in [-0.39, 0.29) is 17.7 Å². The number of benzene rings is 1. The Morgan fingerprint density at radius 3 is 2.00 bits per heavy atom. The fourth-order valence-electron chi connectivity index (χ4n) is 3.19. The second-order valence-corrected chi connectivity index (χ2v) is 6.28. The third-order valence-corrected chi connectivity index (χ3v) is 4.59. The van der Waals surface area contributed by atoms with Crippen molar-refractivity contribution in [2.24, 2.45) is 0 Å². The molecule has 5 heteroatoms. The van der Waals surface area contributed by atoms with Crippen LogP contribution in [0.4, 0.5) is 0 Å². The highest BCUT2D eigenvalue weighted by Gasteiger charge is 2.28. The monoisotopic (exact) mass is 314 g/mol. The van der Waals surface area contributed by atoms with E-state index in [1.54, 1.807) is 12.1 Å². The van der Waals surface area contributed by atoms with E-state index in [0.29, 0.717) is 24.9 Å². The molecule has 2 saturated heterocycles. The summed E-state index contributed by atoms with van der Waals surface area (Å²) in [5.41, 5.74) is 1.55. The number of nitrogens with zero attached hydrogens (tertiary/aromatic N) is 2. The molecule has 1 aromatic carbocycles. The Kier molecular flexibility index (Phi) is 4.74. The Balaban J connectivity index is 1.65. The van der Waals surface area contributed by atoms with Crippen LogP contribution in [0.3, 0.4) is 0 Å². The average Bonchev–Trinajstić information content (AvgIpc) is 2.78. The Morgan fingerprint density at radius 2 is 1.43 bits per heavy atom. The quantitative estimate of drug-likeness (QED) is 0.805. The minimum absolute atomic E-state index is 0.0757. The molecule has 0 N–H and O–H groups in total. The van der Waals surface area contributed by atoms with Gasteiger partial charge in [-0.2, -0.15) is 0 Å². The van der Waals surface area contributed by atoms with Gasteiger partial charge in [-0.05, 0) is 30.5 Å². The van der Waals surface area contributed by atoms with Crippen molar-refractivity contribution in [3.8, 4) is 0 Å². The zero-order valence-electron chi connectivity index (χ0n) is 13.3. The lowest BCUT2D eigenvalue weighted by molar-refractivity contribution is -0.139. The minimum Gasteiger partial charge on any atom is -0.339 e. The maximum absolute atomic E-state index is 12.5. The van der Waals surface area contributed by atoms with Crippen LogP contribution in [0.2, 0.25) is 0 Å². The highest BCUT2D eigenvalue weighted by molar-refractivity contribution is 6.01. The van der Waals surface area contributed by atoms with Gasteiger partial charge in [0.2, 0.25) is 11.8 Å². The Labute approximate surface area is 136 Å². The second-order valence-electron chi connectivity index (χ2n) is 6.28. The molecule has 3 amide bonds. The average molecular weight is 314 g/mol. The molecular weight excluding hydrogens is 292 g/mol. The number of likely N-dealkylation sites (tertiary alicyclic amines) is 2. The lowest BCUT2D eigenvalue weighted by Crippen LogP contribution is -2.32. The van der Waals surface area contributed by atoms with Crippen molar-refractivity contribution < 1.29 is 14.4 Å². The molecule has 0 aliphatic carbocycles. The molecule has 0 atom stereocenters. The normalized spacial score (nSPS) is 19.1. The maximum atomic E-state index is 12.5. The van der Waals surface area contributed by atoms with Crippen molar-refractivity contribution in [3.63, 3.8) is 0 Å². The van der Waals surface area contributed by atoms with Gasteiger partial charge in [0, 0.05) is 31.5 Å². The van der Waals surface area contributed by atoms with Crippen LogP contribution in [0.1, 0.15) is 54.4 Å². The molecule has 3 rings (SSSR count). The van der Waals surface area contributed by atoms with Crippen molar-refractivity contribution in [1.29, 1.82) is 0 Å². The molecule has 2 aliphatic rings. The molecule has 2 fully saturated rings. The highest BCUT2D eigenvalue weighted by Crippen LogP contribution is 2.18. The fourth-order valence-corrected chi connectivity index (χ4v) is 3.19. The van der Waals surface area contributed by atoms with Crippen LogP contribution in [0.15, 0.2) is 24.3 Å². The van der Waals surface area contributed by atoms with E-state index >= 15 is 0 Å². The summed E-state index contributed by atoms with van der Waals surface area (Å²) in [5, 5.41) is 0. The zero-order valence-corrected chi connectivity index (χ0v) is 13.3. The first-order valence-electron chi connectivity index (χ1n) is 8.36. The first-order valence-corrected chi connectivity index (χ1v) is 8.36. The number of hydrogen-bond donors (Lipinski definition) is 0. The van der Waals surface area contributed by atoms with E-state index < -0.39 is 0 Å². The van der Waals surface area contributed by atoms with Gasteiger partial charge in [-0.3, -0.25) is 19.3 Å². The number of hydrogen-bond acceptors (Lipinski definition) is 3. The molecule has 0 bridgehead atoms. The van der Waals surface area contributed by atoms with E-state index in [1.165, 1.54) is 17.7 Å². The van der Waals surface area contributed by atoms with Crippen LogP contribution < -0.4 is 0 Å². The largest absolute Gasteiger partial charge is 0.339 e. The smallest absolute Gasteiger partial charge is 0.253 e. The summed E-state index contributed by atoms with van der Waals surface area (Å²) in [6.07, 6.45) is 5.15. The highest BCUT2D eigenvalue weighted by atomic mass is 16.2. The van der Waals surface area contributed by atoms with Crippen LogP contribution in [-0.2, 0) is 16.1 Å². The van der Waals surface area contributed by atoms with Gasteiger partial charge in [0.15, 0.2) is 0 Å². The predicted octanol–water partition coefficient (Wildman–Crippen LogP) is 2.35.